The predicted octanol–water partition coefficient (Wildman–Crippen LogP) is 2.78. The molecular weight excluding hydrogens is 365 g/mol. The topological polar surface area (TPSA) is 56.3 Å². The summed E-state index contributed by atoms with van der Waals surface area (Å²) in [4.78, 5) is 6.44. The van der Waals surface area contributed by atoms with E-state index in [0.717, 1.165) is 24.6 Å². The third-order valence-electron chi connectivity index (χ3n) is 2.97. The van der Waals surface area contributed by atoms with Gasteiger partial charge in [0.2, 0.25) is 0 Å². The number of allylic oxidation sites excluding steroid dienone is 1. The Bertz CT molecular complexity index is 375. The number of nitrogens with zero attached hydrogens (tertiary/aromatic N) is 3. The molecule has 0 aliphatic carbocycles. The highest BCUT2D eigenvalue weighted by atomic mass is 127. The maximum atomic E-state index is 4.28. The largest absolute Gasteiger partial charge is 0.351 e. The van der Waals surface area contributed by atoms with E-state index in [1.807, 2.05) is 19.2 Å². The SMILES string of the molecule is C=CCCCCCN(C)C(=NC)NCc1ccn[nH]1.I. The Labute approximate surface area is 139 Å². The summed E-state index contributed by atoms with van der Waals surface area (Å²) in [6.07, 6.45) is 8.47. The molecule has 0 saturated heterocycles. The smallest absolute Gasteiger partial charge is 0.193 e. The highest BCUT2D eigenvalue weighted by Gasteiger charge is 2.05. The number of hydrogen-bond acceptors (Lipinski definition) is 2. The van der Waals surface area contributed by atoms with E-state index >= 15 is 0 Å². The van der Waals surface area contributed by atoms with Crippen LogP contribution in [0, 0.1) is 0 Å². The Hall–Kier alpha value is -1.05. The summed E-state index contributed by atoms with van der Waals surface area (Å²) in [5.41, 5.74) is 1.06. The van der Waals surface area contributed by atoms with Gasteiger partial charge in [0.15, 0.2) is 5.96 Å². The number of rotatable bonds is 8. The molecule has 6 heteroatoms. The summed E-state index contributed by atoms with van der Waals surface area (Å²) < 4.78 is 0. The normalized spacial score (nSPS) is 10.8. The molecule has 20 heavy (non-hydrogen) atoms. The first-order valence-electron chi connectivity index (χ1n) is 6.79. The van der Waals surface area contributed by atoms with E-state index in [1.165, 1.54) is 19.3 Å². The molecule has 1 aromatic rings. The quantitative estimate of drug-likeness (QED) is 0.236. The summed E-state index contributed by atoms with van der Waals surface area (Å²) >= 11 is 0. The second-order valence-electron chi connectivity index (χ2n) is 4.54. The molecule has 0 atom stereocenters. The van der Waals surface area contributed by atoms with Gasteiger partial charge in [-0.3, -0.25) is 10.1 Å². The molecule has 0 unspecified atom stereocenters. The molecule has 0 bridgehead atoms. The van der Waals surface area contributed by atoms with Gasteiger partial charge in [0, 0.05) is 26.8 Å². The zero-order chi connectivity index (χ0) is 13.9. The molecule has 1 aromatic heterocycles. The number of hydrogen-bond donors (Lipinski definition) is 2. The van der Waals surface area contributed by atoms with Gasteiger partial charge in [0.05, 0.1) is 12.2 Å². The van der Waals surface area contributed by atoms with E-state index in [1.54, 1.807) is 6.20 Å². The lowest BCUT2D eigenvalue weighted by Crippen LogP contribution is -2.39. The number of aliphatic imine (C=N–C) groups is 1. The van der Waals surface area contributed by atoms with Crippen LogP contribution in [0.25, 0.3) is 0 Å². The van der Waals surface area contributed by atoms with Crippen LogP contribution < -0.4 is 5.32 Å². The van der Waals surface area contributed by atoms with Gasteiger partial charge in [0.1, 0.15) is 0 Å². The van der Waals surface area contributed by atoms with Crippen LogP contribution in [0.2, 0.25) is 0 Å². The lowest BCUT2D eigenvalue weighted by Gasteiger charge is -2.21. The Kier molecular flexibility index (Phi) is 11.1. The van der Waals surface area contributed by atoms with Crippen LogP contribution in [0.4, 0.5) is 0 Å². The van der Waals surface area contributed by atoms with Crippen molar-refractivity contribution in [2.75, 3.05) is 20.6 Å². The average molecular weight is 391 g/mol. The van der Waals surface area contributed by atoms with Crippen molar-refractivity contribution in [2.24, 2.45) is 4.99 Å². The molecule has 0 spiro atoms. The number of H-pyrrole nitrogens is 1. The highest BCUT2D eigenvalue weighted by molar-refractivity contribution is 14.0. The van der Waals surface area contributed by atoms with Gasteiger partial charge in [-0.1, -0.05) is 12.5 Å². The zero-order valence-corrected chi connectivity index (χ0v) is 14.8. The van der Waals surface area contributed by atoms with Gasteiger partial charge in [0.25, 0.3) is 0 Å². The molecule has 114 valence electrons. The predicted molar refractivity (Wildman–Crippen MR) is 95.5 cm³/mol. The second kappa shape index (κ2) is 11.7. The maximum Gasteiger partial charge on any atom is 0.193 e. The molecule has 0 aliphatic rings. The van der Waals surface area contributed by atoms with Crippen molar-refractivity contribution in [2.45, 2.75) is 32.2 Å². The third kappa shape index (κ3) is 7.52. The fourth-order valence-corrected chi connectivity index (χ4v) is 1.86. The fourth-order valence-electron chi connectivity index (χ4n) is 1.86. The number of aromatic nitrogens is 2. The standard InChI is InChI=1S/C14H25N5.HI/c1-4-5-6-7-8-11-19(3)14(15-2)16-12-13-9-10-17-18-13;/h4,9-10H,1,5-8,11-12H2,2-3H3,(H,15,16)(H,17,18);1H. The lowest BCUT2D eigenvalue weighted by molar-refractivity contribution is 0.454. The zero-order valence-electron chi connectivity index (χ0n) is 12.4. The number of halogens is 1. The molecule has 0 saturated carbocycles. The third-order valence-corrected chi connectivity index (χ3v) is 2.97. The van der Waals surface area contributed by atoms with E-state index in [-0.39, 0.29) is 24.0 Å². The molecule has 0 amide bonds. The lowest BCUT2D eigenvalue weighted by atomic mass is 10.2. The molecule has 5 nitrogen and oxygen atoms in total. The van der Waals surface area contributed by atoms with Crippen LogP contribution in [-0.2, 0) is 6.54 Å². The molecular formula is C14H26IN5. The van der Waals surface area contributed by atoms with E-state index < -0.39 is 0 Å². The second-order valence-corrected chi connectivity index (χ2v) is 4.54. The van der Waals surface area contributed by atoms with E-state index in [4.69, 9.17) is 0 Å². The minimum absolute atomic E-state index is 0. The van der Waals surface area contributed by atoms with Crippen LogP contribution in [0.3, 0.4) is 0 Å². The van der Waals surface area contributed by atoms with Crippen molar-refractivity contribution >= 4 is 29.9 Å². The fraction of sp³-hybridized carbons (Fsp3) is 0.571. The number of unbranched alkanes of at least 4 members (excludes halogenated alkanes) is 3. The molecule has 0 aliphatic heterocycles. The minimum Gasteiger partial charge on any atom is -0.351 e. The van der Waals surface area contributed by atoms with Crippen LogP contribution in [0.15, 0.2) is 29.9 Å². The monoisotopic (exact) mass is 391 g/mol. The van der Waals surface area contributed by atoms with E-state index in [2.05, 4.69) is 39.0 Å². The Balaban J connectivity index is 0.00000361. The van der Waals surface area contributed by atoms with Crippen molar-refractivity contribution in [1.29, 1.82) is 0 Å². The van der Waals surface area contributed by atoms with Gasteiger partial charge in [-0.15, -0.1) is 30.6 Å². The molecule has 1 heterocycles. The molecule has 2 N–H and O–H groups in total. The average Bonchev–Trinajstić information content (AvgIpc) is 2.92. The van der Waals surface area contributed by atoms with Crippen molar-refractivity contribution < 1.29 is 0 Å². The first kappa shape index (κ1) is 18.9. The Morgan fingerprint density at radius 3 is 2.90 bits per heavy atom. The van der Waals surface area contributed by atoms with E-state index in [0.29, 0.717) is 6.54 Å². The summed E-state index contributed by atoms with van der Waals surface area (Å²) in [5, 5.41) is 10.2. The van der Waals surface area contributed by atoms with Crippen LogP contribution >= 0.6 is 24.0 Å². The van der Waals surface area contributed by atoms with Crippen molar-refractivity contribution in [3.63, 3.8) is 0 Å². The summed E-state index contributed by atoms with van der Waals surface area (Å²) in [5.74, 6) is 0.915. The summed E-state index contributed by atoms with van der Waals surface area (Å²) in [6.45, 7) is 5.47. The van der Waals surface area contributed by atoms with Gasteiger partial charge in [-0.05, 0) is 25.3 Å². The van der Waals surface area contributed by atoms with Gasteiger partial charge < -0.3 is 10.2 Å². The Morgan fingerprint density at radius 2 is 2.30 bits per heavy atom. The van der Waals surface area contributed by atoms with E-state index in [9.17, 15) is 0 Å². The van der Waals surface area contributed by atoms with Crippen molar-refractivity contribution in [1.82, 2.24) is 20.4 Å². The van der Waals surface area contributed by atoms with Gasteiger partial charge >= 0.3 is 0 Å². The molecule has 1 rings (SSSR count). The summed E-state index contributed by atoms with van der Waals surface area (Å²) in [6, 6.07) is 1.95. The van der Waals surface area contributed by atoms with Crippen LogP contribution in [0.1, 0.15) is 31.4 Å². The number of aromatic amines is 1. The van der Waals surface area contributed by atoms with Crippen molar-refractivity contribution in [3.8, 4) is 0 Å². The summed E-state index contributed by atoms with van der Waals surface area (Å²) in [7, 11) is 3.87. The molecule has 0 radical (unpaired) electrons. The number of nitrogens with one attached hydrogen (secondary N) is 2. The van der Waals surface area contributed by atoms with Gasteiger partial charge in [-0.2, -0.15) is 5.10 Å². The highest BCUT2D eigenvalue weighted by Crippen LogP contribution is 2.01. The van der Waals surface area contributed by atoms with Gasteiger partial charge in [-0.25, -0.2) is 0 Å². The molecule has 0 aromatic carbocycles. The number of guanidine groups is 1. The Morgan fingerprint density at radius 1 is 1.50 bits per heavy atom. The van der Waals surface area contributed by atoms with Crippen LogP contribution in [0.5, 0.6) is 0 Å². The first-order chi connectivity index (χ1) is 9.27. The minimum atomic E-state index is 0. The maximum absolute atomic E-state index is 4.28. The van der Waals surface area contributed by atoms with Crippen molar-refractivity contribution in [3.05, 3.63) is 30.6 Å². The first-order valence-corrected chi connectivity index (χ1v) is 6.79. The molecule has 0 fully saturated rings. The van der Waals surface area contributed by atoms with Crippen LogP contribution in [-0.4, -0.2) is 41.7 Å².